The van der Waals surface area contributed by atoms with Crippen LogP contribution < -0.4 is 4.74 Å². The van der Waals surface area contributed by atoms with Gasteiger partial charge in [0.1, 0.15) is 5.75 Å². The van der Waals surface area contributed by atoms with Crippen molar-refractivity contribution in [3.8, 4) is 11.4 Å². The Bertz CT molecular complexity index is 940. The summed E-state index contributed by atoms with van der Waals surface area (Å²) < 4.78 is 6.95. The Morgan fingerprint density at radius 2 is 1.96 bits per heavy atom. The molecule has 0 N–H and O–H groups in total. The summed E-state index contributed by atoms with van der Waals surface area (Å²) in [5.41, 5.74) is 2.10. The Morgan fingerprint density at radius 1 is 1.19 bits per heavy atom. The van der Waals surface area contributed by atoms with Gasteiger partial charge >= 0.3 is 0 Å². The molecule has 26 heavy (non-hydrogen) atoms. The van der Waals surface area contributed by atoms with Gasteiger partial charge in [-0.1, -0.05) is 29.3 Å². The number of carbonyl (C=O) groups excluding carboxylic acids is 1. The molecule has 0 atom stereocenters. The number of benzene rings is 2. The summed E-state index contributed by atoms with van der Waals surface area (Å²) in [6.07, 6.45) is 3.22. The number of methoxy groups -OCH3 is 1. The molecule has 2 aromatic carbocycles. The molecule has 0 aliphatic carbocycles. The van der Waals surface area contributed by atoms with Crippen LogP contribution in [0.15, 0.2) is 54.9 Å². The quantitative estimate of drug-likeness (QED) is 0.646. The van der Waals surface area contributed by atoms with Crippen molar-refractivity contribution in [3.05, 3.63) is 76.0 Å². The fourth-order valence-electron chi connectivity index (χ4n) is 2.61. The zero-order valence-electron chi connectivity index (χ0n) is 14.3. The summed E-state index contributed by atoms with van der Waals surface area (Å²) in [6, 6.07) is 12.6. The maximum atomic E-state index is 12.7. The number of carbonyl (C=O) groups is 1. The second-order valence-corrected chi connectivity index (χ2v) is 6.64. The molecule has 0 aliphatic heterocycles. The first-order chi connectivity index (χ1) is 12.5. The van der Waals surface area contributed by atoms with E-state index in [9.17, 15) is 4.79 Å². The van der Waals surface area contributed by atoms with Crippen LogP contribution in [0, 0.1) is 0 Å². The van der Waals surface area contributed by atoms with Crippen molar-refractivity contribution in [2.75, 3.05) is 14.2 Å². The zero-order chi connectivity index (χ0) is 18.7. The molecule has 1 heterocycles. The lowest BCUT2D eigenvalue weighted by Gasteiger charge is -2.18. The number of aromatic nitrogens is 2. The third-order valence-corrected chi connectivity index (χ3v) is 4.37. The summed E-state index contributed by atoms with van der Waals surface area (Å²) in [7, 11) is 3.31. The van der Waals surface area contributed by atoms with Gasteiger partial charge in [0.15, 0.2) is 0 Å². The largest absolute Gasteiger partial charge is 0.496 e. The van der Waals surface area contributed by atoms with Crippen molar-refractivity contribution < 1.29 is 9.53 Å². The molecule has 0 radical (unpaired) electrons. The molecule has 1 aromatic heterocycles. The summed E-state index contributed by atoms with van der Waals surface area (Å²) in [4.78, 5) is 14.3. The SMILES string of the molecule is COc1ccc(Cl)cc1CN(C)C(=O)c1cnn(-c2cccc(Cl)c2)c1. The lowest BCUT2D eigenvalue weighted by Crippen LogP contribution is -2.26. The van der Waals surface area contributed by atoms with Gasteiger partial charge in [-0.2, -0.15) is 5.10 Å². The summed E-state index contributed by atoms with van der Waals surface area (Å²) in [5.74, 6) is 0.531. The van der Waals surface area contributed by atoms with Gasteiger partial charge in [0.25, 0.3) is 5.91 Å². The van der Waals surface area contributed by atoms with E-state index in [1.807, 2.05) is 12.1 Å². The average Bonchev–Trinajstić information content (AvgIpc) is 3.11. The Morgan fingerprint density at radius 3 is 2.69 bits per heavy atom. The van der Waals surface area contributed by atoms with Crippen LogP contribution >= 0.6 is 23.2 Å². The molecule has 0 saturated carbocycles. The molecule has 0 aliphatic rings. The van der Waals surface area contributed by atoms with E-state index in [0.29, 0.717) is 27.9 Å². The fraction of sp³-hybridized carbons (Fsp3) is 0.158. The van der Waals surface area contributed by atoms with Crippen molar-refractivity contribution in [2.24, 2.45) is 0 Å². The molecule has 0 fully saturated rings. The topological polar surface area (TPSA) is 47.4 Å². The lowest BCUT2D eigenvalue weighted by atomic mass is 10.2. The smallest absolute Gasteiger partial charge is 0.257 e. The number of hydrogen-bond acceptors (Lipinski definition) is 3. The predicted octanol–water partition coefficient (Wildman–Crippen LogP) is 4.46. The number of ether oxygens (including phenoxy) is 1. The number of nitrogens with zero attached hydrogens (tertiary/aromatic N) is 3. The third-order valence-electron chi connectivity index (χ3n) is 3.90. The summed E-state index contributed by atoms with van der Waals surface area (Å²) >= 11 is 12.1. The molecule has 5 nitrogen and oxygen atoms in total. The highest BCUT2D eigenvalue weighted by Crippen LogP contribution is 2.24. The number of hydrogen-bond donors (Lipinski definition) is 0. The van der Waals surface area contributed by atoms with E-state index >= 15 is 0 Å². The second kappa shape index (κ2) is 7.81. The second-order valence-electron chi connectivity index (χ2n) is 5.77. The minimum absolute atomic E-state index is 0.152. The number of amides is 1. The first-order valence-electron chi connectivity index (χ1n) is 7.86. The van der Waals surface area contributed by atoms with Crippen molar-refractivity contribution >= 4 is 29.1 Å². The van der Waals surface area contributed by atoms with Crippen LogP contribution in [0.3, 0.4) is 0 Å². The van der Waals surface area contributed by atoms with Crippen molar-refractivity contribution in [2.45, 2.75) is 6.54 Å². The molecule has 0 saturated heterocycles. The monoisotopic (exact) mass is 389 g/mol. The molecule has 134 valence electrons. The van der Waals surface area contributed by atoms with Gasteiger partial charge in [0.05, 0.1) is 24.6 Å². The van der Waals surface area contributed by atoms with Crippen molar-refractivity contribution in [1.29, 1.82) is 0 Å². The van der Waals surface area contributed by atoms with E-state index in [0.717, 1.165) is 11.3 Å². The summed E-state index contributed by atoms with van der Waals surface area (Å²) in [5, 5.41) is 5.45. The Labute approximate surface area is 161 Å². The van der Waals surface area contributed by atoms with Crippen LogP contribution in [0.4, 0.5) is 0 Å². The molecular weight excluding hydrogens is 373 g/mol. The molecular formula is C19H17Cl2N3O2. The van der Waals surface area contributed by atoms with Crippen molar-refractivity contribution in [3.63, 3.8) is 0 Å². The van der Waals surface area contributed by atoms with E-state index < -0.39 is 0 Å². The van der Waals surface area contributed by atoms with Crippen LogP contribution in [-0.2, 0) is 6.54 Å². The zero-order valence-corrected chi connectivity index (χ0v) is 15.8. The molecule has 0 unspecified atom stereocenters. The minimum Gasteiger partial charge on any atom is -0.496 e. The van der Waals surface area contributed by atoms with E-state index in [1.165, 1.54) is 6.20 Å². The molecule has 3 rings (SSSR count). The minimum atomic E-state index is -0.152. The highest BCUT2D eigenvalue weighted by atomic mass is 35.5. The van der Waals surface area contributed by atoms with E-state index in [-0.39, 0.29) is 5.91 Å². The standard InChI is InChI=1S/C19H17Cl2N3O2/c1-23(11-13-8-16(21)6-7-18(13)26-2)19(25)14-10-22-24(12-14)17-5-3-4-15(20)9-17/h3-10,12H,11H2,1-2H3. The Kier molecular flexibility index (Phi) is 5.49. The van der Waals surface area contributed by atoms with Gasteiger partial charge in [-0.05, 0) is 36.4 Å². The molecule has 7 heteroatoms. The highest BCUT2D eigenvalue weighted by Gasteiger charge is 2.16. The first-order valence-corrected chi connectivity index (χ1v) is 8.62. The first kappa shape index (κ1) is 18.3. The fourth-order valence-corrected chi connectivity index (χ4v) is 2.99. The summed E-state index contributed by atoms with van der Waals surface area (Å²) in [6.45, 7) is 0.366. The van der Waals surface area contributed by atoms with Crippen LogP contribution in [0.25, 0.3) is 5.69 Å². The van der Waals surface area contributed by atoms with Crippen LogP contribution in [0.2, 0.25) is 10.0 Å². The molecule has 3 aromatic rings. The van der Waals surface area contributed by atoms with Gasteiger partial charge in [-0.3, -0.25) is 4.79 Å². The van der Waals surface area contributed by atoms with Gasteiger partial charge in [-0.15, -0.1) is 0 Å². The maximum Gasteiger partial charge on any atom is 0.257 e. The number of halogens is 2. The lowest BCUT2D eigenvalue weighted by molar-refractivity contribution is 0.0784. The normalized spacial score (nSPS) is 10.6. The highest BCUT2D eigenvalue weighted by molar-refractivity contribution is 6.31. The predicted molar refractivity (Wildman–Crippen MR) is 102 cm³/mol. The van der Waals surface area contributed by atoms with Gasteiger partial charge in [0.2, 0.25) is 0 Å². The molecule has 0 bridgehead atoms. The number of rotatable bonds is 5. The van der Waals surface area contributed by atoms with E-state index in [1.54, 1.807) is 60.3 Å². The molecule has 0 spiro atoms. The van der Waals surface area contributed by atoms with E-state index in [4.69, 9.17) is 27.9 Å². The molecule has 1 amide bonds. The van der Waals surface area contributed by atoms with Crippen LogP contribution in [-0.4, -0.2) is 34.7 Å². The van der Waals surface area contributed by atoms with Crippen LogP contribution in [0.5, 0.6) is 5.75 Å². The average molecular weight is 390 g/mol. The van der Waals surface area contributed by atoms with Gasteiger partial charge in [-0.25, -0.2) is 4.68 Å². The van der Waals surface area contributed by atoms with Gasteiger partial charge in [0, 0.05) is 35.4 Å². The van der Waals surface area contributed by atoms with Crippen molar-refractivity contribution in [1.82, 2.24) is 14.7 Å². The Balaban J connectivity index is 1.78. The van der Waals surface area contributed by atoms with Crippen LogP contribution in [0.1, 0.15) is 15.9 Å². The van der Waals surface area contributed by atoms with Gasteiger partial charge < -0.3 is 9.64 Å². The Hall–Kier alpha value is -2.50. The van der Waals surface area contributed by atoms with E-state index in [2.05, 4.69) is 5.10 Å². The maximum absolute atomic E-state index is 12.7. The third kappa shape index (κ3) is 4.00.